The zero-order chi connectivity index (χ0) is 10.4. The van der Waals surface area contributed by atoms with Crippen molar-refractivity contribution in [1.82, 2.24) is 0 Å². The van der Waals surface area contributed by atoms with Crippen molar-refractivity contribution < 1.29 is 10.1 Å². The Hall–Kier alpha value is -2.20. The highest BCUT2D eigenvalue weighted by molar-refractivity contribution is 5.62. The van der Waals surface area contributed by atoms with Gasteiger partial charge in [0.05, 0.1) is 0 Å². The highest BCUT2D eigenvalue weighted by Crippen LogP contribution is 2.14. The van der Waals surface area contributed by atoms with Crippen LogP contribution in [-0.4, -0.2) is 16.3 Å². The van der Waals surface area contributed by atoms with Gasteiger partial charge in [-0.15, -0.1) is 0 Å². The molecule has 6 heteroatoms. The first kappa shape index (κ1) is 9.88. The topological polar surface area (TPSA) is 95.1 Å². The quantitative estimate of drug-likeness (QED) is 0.151. The third kappa shape index (κ3) is 2.69. The van der Waals surface area contributed by atoms with E-state index in [2.05, 4.69) is 10.0 Å². The number of hydrogen-bond donors (Lipinski definition) is 1. The molecule has 0 bridgehead atoms. The van der Waals surface area contributed by atoms with Crippen molar-refractivity contribution in [3.05, 3.63) is 51.5 Å². The Kier molecular flexibility index (Phi) is 3.34. The van der Waals surface area contributed by atoms with E-state index in [1.54, 1.807) is 30.3 Å². The van der Waals surface area contributed by atoms with Crippen LogP contribution in [0.2, 0.25) is 0 Å². The SMILES string of the molecule is [N-]=[N+]=NC(/C=[N+](/[O-])O)c1ccccc1. The first-order chi connectivity index (χ1) is 6.74. The van der Waals surface area contributed by atoms with Gasteiger partial charge in [-0.1, -0.05) is 35.4 Å². The van der Waals surface area contributed by atoms with Crippen molar-refractivity contribution in [2.24, 2.45) is 5.11 Å². The van der Waals surface area contributed by atoms with Crippen LogP contribution >= 0.6 is 0 Å². The number of rotatable bonds is 3. The van der Waals surface area contributed by atoms with Gasteiger partial charge < -0.3 is 5.21 Å². The fraction of sp³-hybridized carbons (Fsp3) is 0.125. The fourth-order valence-electron chi connectivity index (χ4n) is 1.01. The molecule has 0 fully saturated rings. The van der Waals surface area contributed by atoms with Gasteiger partial charge in [0, 0.05) is 9.81 Å². The monoisotopic (exact) mass is 192 g/mol. The minimum atomic E-state index is -0.788. The molecule has 0 saturated heterocycles. The second-order valence-electron chi connectivity index (χ2n) is 2.51. The molecule has 0 aliphatic carbocycles. The lowest BCUT2D eigenvalue weighted by atomic mass is 10.1. The van der Waals surface area contributed by atoms with Gasteiger partial charge in [-0.3, -0.25) is 5.21 Å². The lowest BCUT2D eigenvalue weighted by Crippen LogP contribution is -2.05. The minimum absolute atomic E-state index is 0.369. The van der Waals surface area contributed by atoms with Crippen molar-refractivity contribution in [2.75, 3.05) is 0 Å². The Morgan fingerprint density at radius 1 is 1.50 bits per heavy atom. The van der Waals surface area contributed by atoms with Crippen molar-refractivity contribution in [3.8, 4) is 0 Å². The second kappa shape index (κ2) is 4.74. The lowest BCUT2D eigenvalue weighted by Gasteiger charge is -2.01. The van der Waals surface area contributed by atoms with Crippen LogP contribution in [0.15, 0.2) is 35.4 Å². The number of nitrogens with zero attached hydrogens (tertiary/aromatic N) is 4. The van der Waals surface area contributed by atoms with E-state index < -0.39 is 6.04 Å². The maximum Gasteiger partial charge on any atom is 0.223 e. The van der Waals surface area contributed by atoms with Crippen molar-refractivity contribution in [1.29, 1.82) is 0 Å². The Bertz CT molecular complexity index is 366. The van der Waals surface area contributed by atoms with Crippen LogP contribution in [0.3, 0.4) is 0 Å². The molecule has 1 aromatic rings. The number of benzene rings is 1. The van der Waals surface area contributed by atoms with Crippen LogP contribution in [0.5, 0.6) is 0 Å². The molecule has 1 rings (SSSR count). The molecule has 1 unspecified atom stereocenters. The second-order valence-corrected chi connectivity index (χ2v) is 2.51. The molecule has 0 aliphatic heterocycles. The van der Waals surface area contributed by atoms with E-state index in [9.17, 15) is 5.21 Å². The molecule has 1 aromatic carbocycles. The Labute approximate surface area is 79.9 Å². The molecule has 6 nitrogen and oxygen atoms in total. The summed E-state index contributed by atoms with van der Waals surface area (Å²) in [5.74, 6) is 0. The maximum atomic E-state index is 10.3. The van der Waals surface area contributed by atoms with Gasteiger partial charge in [0.15, 0.2) is 0 Å². The van der Waals surface area contributed by atoms with Crippen LogP contribution in [0.1, 0.15) is 11.6 Å². The van der Waals surface area contributed by atoms with Gasteiger partial charge in [0.25, 0.3) is 0 Å². The molecule has 0 aromatic heterocycles. The fourth-order valence-corrected chi connectivity index (χ4v) is 1.01. The average molecular weight is 192 g/mol. The van der Waals surface area contributed by atoms with E-state index in [-0.39, 0.29) is 4.90 Å². The van der Waals surface area contributed by atoms with Crippen LogP contribution in [0.4, 0.5) is 0 Å². The van der Waals surface area contributed by atoms with E-state index in [0.29, 0.717) is 5.56 Å². The maximum absolute atomic E-state index is 10.3. The molecule has 1 atom stereocenters. The van der Waals surface area contributed by atoms with Crippen molar-refractivity contribution in [2.45, 2.75) is 6.04 Å². The summed E-state index contributed by atoms with van der Waals surface area (Å²) in [7, 11) is 0. The van der Waals surface area contributed by atoms with E-state index >= 15 is 0 Å². The first-order valence-electron chi connectivity index (χ1n) is 3.83. The van der Waals surface area contributed by atoms with Gasteiger partial charge in [-0.25, -0.2) is 0 Å². The first-order valence-corrected chi connectivity index (χ1v) is 3.83. The molecule has 14 heavy (non-hydrogen) atoms. The van der Waals surface area contributed by atoms with Gasteiger partial charge >= 0.3 is 0 Å². The van der Waals surface area contributed by atoms with Crippen LogP contribution in [0, 0.1) is 5.21 Å². The van der Waals surface area contributed by atoms with Gasteiger partial charge in [-0.05, 0) is 11.1 Å². The van der Waals surface area contributed by atoms with E-state index in [0.717, 1.165) is 6.21 Å². The molecule has 0 spiro atoms. The highest BCUT2D eigenvalue weighted by Gasteiger charge is 2.10. The summed E-state index contributed by atoms with van der Waals surface area (Å²) < 4.78 is 0. The molecule has 0 heterocycles. The smallest absolute Gasteiger partial charge is 0.223 e. The normalized spacial score (nSPS) is 13.0. The molecule has 0 amide bonds. The third-order valence-electron chi connectivity index (χ3n) is 1.59. The zero-order valence-electron chi connectivity index (χ0n) is 7.19. The summed E-state index contributed by atoms with van der Waals surface area (Å²) in [6.07, 6.45) is 0.870. The van der Waals surface area contributed by atoms with Crippen LogP contribution in [-0.2, 0) is 0 Å². The molecule has 0 radical (unpaired) electrons. The van der Waals surface area contributed by atoms with Crippen LogP contribution in [0.25, 0.3) is 10.4 Å². The van der Waals surface area contributed by atoms with Crippen LogP contribution < -0.4 is 0 Å². The van der Waals surface area contributed by atoms with Crippen molar-refractivity contribution >= 4 is 6.21 Å². The number of hydrogen-bond acceptors (Lipinski definition) is 3. The lowest BCUT2D eigenvalue weighted by molar-refractivity contribution is -0.723. The summed E-state index contributed by atoms with van der Waals surface area (Å²) in [6.45, 7) is 0. The van der Waals surface area contributed by atoms with E-state index in [4.69, 9.17) is 10.7 Å². The summed E-state index contributed by atoms with van der Waals surface area (Å²) in [5.41, 5.74) is 8.89. The largest absolute Gasteiger partial charge is 0.418 e. The summed E-state index contributed by atoms with van der Waals surface area (Å²) in [4.78, 5) is 2.21. The Morgan fingerprint density at radius 3 is 2.64 bits per heavy atom. The summed E-state index contributed by atoms with van der Waals surface area (Å²) in [6, 6.07) is 7.89. The van der Waals surface area contributed by atoms with Gasteiger partial charge in [0.1, 0.15) is 6.04 Å². The molecule has 72 valence electrons. The third-order valence-corrected chi connectivity index (χ3v) is 1.59. The van der Waals surface area contributed by atoms with Gasteiger partial charge in [-0.2, -0.15) is 0 Å². The average Bonchev–Trinajstić information content (AvgIpc) is 2.18. The molecule has 0 aliphatic rings. The predicted molar refractivity (Wildman–Crippen MR) is 49.8 cm³/mol. The molecule has 0 saturated carbocycles. The van der Waals surface area contributed by atoms with E-state index in [1.807, 2.05) is 0 Å². The van der Waals surface area contributed by atoms with Gasteiger partial charge in [0.2, 0.25) is 6.21 Å². The molecular formula is C8H8N4O2. The minimum Gasteiger partial charge on any atom is -0.418 e. The summed E-state index contributed by atoms with van der Waals surface area (Å²) in [5, 5.41) is 22.1. The predicted octanol–water partition coefficient (Wildman–Crippen LogP) is 2.01. The van der Waals surface area contributed by atoms with Crippen molar-refractivity contribution in [3.63, 3.8) is 0 Å². The summed E-state index contributed by atoms with van der Waals surface area (Å²) >= 11 is 0. The zero-order valence-corrected chi connectivity index (χ0v) is 7.19. The standard InChI is InChI=1S/C8H8N4O2/c9-11-10-8(6-12(13)14)7-4-2-1-3-5-7/h1-6,8H,(H,13,14). The number of azide groups is 1. The Balaban J connectivity index is 3.01. The molecular weight excluding hydrogens is 184 g/mol. The Morgan fingerprint density at radius 2 is 2.14 bits per heavy atom. The van der Waals surface area contributed by atoms with E-state index in [1.165, 1.54) is 0 Å². The molecule has 1 N–H and O–H groups in total. The highest BCUT2D eigenvalue weighted by atomic mass is 16.8.